The molecule has 0 bridgehead atoms. The first-order chi connectivity index (χ1) is 19.0. The molecular formula is C33H45F2N5. The zero-order valence-electron chi connectivity index (χ0n) is 24.9. The number of hydrogen-bond acceptors (Lipinski definition) is 4. The Labute approximate surface area is 238 Å². The molecular weight excluding hydrogens is 504 g/mol. The first-order valence-electron chi connectivity index (χ1n) is 14.6. The lowest BCUT2D eigenvalue weighted by atomic mass is 9.89. The van der Waals surface area contributed by atoms with Gasteiger partial charge in [-0.2, -0.15) is 9.61 Å². The average Bonchev–Trinajstić information content (AvgIpc) is 3.65. The molecule has 4 rings (SSSR count). The topological polar surface area (TPSA) is 45.5 Å². The number of fused-ring (bicyclic) bond motifs is 1. The predicted octanol–water partition coefficient (Wildman–Crippen LogP) is 7.97. The van der Waals surface area contributed by atoms with E-state index in [4.69, 9.17) is 10.1 Å². The fraction of sp³-hybridized carbons (Fsp3) is 0.515. The first kappa shape index (κ1) is 29.8. The number of anilines is 1. The summed E-state index contributed by atoms with van der Waals surface area (Å²) in [6, 6.07) is 9.08. The highest BCUT2D eigenvalue weighted by Crippen LogP contribution is 2.40. The molecule has 0 radical (unpaired) electrons. The van der Waals surface area contributed by atoms with Crippen LogP contribution < -0.4 is 10.2 Å². The van der Waals surface area contributed by atoms with Gasteiger partial charge in [0.25, 0.3) is 0 Å². The van der Waals surface area contributed by atoms with Crippen LogP contribution in [0.5, 0.6) is 0 Å². The number of nitrogens with zero attached hydrogens (tertiary/aromatic N) is 4. The Hall–Kier alpha value is -3.22. The van der Waals surface area contributed by atoms with Gasteiger partial charge in [0.05, 0.1) is 5.69 Å². The minimum Gasteiger partial charge on any atom is -0.387 e. The number of hydrogen-bond donors (Lipinski definition) is 1. The largest absolute Gasteiger partial charge is 0.387 e. The molecule has 1 fully saturated rings. The van der Waals surface area contributed by atoms with Crippen molar-refractivity contribution < 1.29 is 8.78 Å². The summed E-state index contributed by atoms with van der Waals surface area (Å²) in [6.07, 6.45) is 5.70. The predicted molar refractivity (Wildman–Crippen MR) is 162 cm³/mol. The summed E-state index contributed by atoms with van der Waals surface area (Å²) >= 11 is 0. The standard InChI is InChI=1S/C33H45F2N5/c1-8-15-33(6,35)21-23(4)29-19-31-37-30(26-11-12-26)20-32(40(31)38-29)39(7)17-16-36-24(5)9-10-25-13-14-27(34)18-28(25)22(2)3/h13-14,18-20,23,26,36H,2,5,8-12,15-17,21H2,1,3-4,6-7H3. The third-order valence-corrected chi connectivity index (χ3v) is 7.89. The second kappa shape index (κ2) is 12.5. The van der Waals surface area contributed by atoms with Gasteiger partial charge in [0.1, 0.15) is 17.3 Å². The van der Waals surface area contributed by atoms with Gasteiger partial charge in [-0.3, -0.25) is 0 Å². The molecule has 1 aromatic carbocycles. The van der Waals surface area contributed by atoms with E-state index in [1.807, 2.05) is 30.5 Å². The maximum Gasteiger partial charge on any atom is 0.157 e. The molecule has 0 spiro atoms. The highest BCUT2D eigenvalue weighted by atomic mass is 19.1. The van der Waals surface area contributed by atoms with E-state index in [1.54, 1.807) is 13.0 Å². The van der Waals surface area contributed by atoms with Gasteiger partial charge in [-0.15, -0.1) is 0 Å². The molecule has 216 valence electrons. The van der Waals surface area contributed by atoms with Crippen molar-refractivity contribution in [1.82, 2.24) is 19.9 Å². The molecule has 2 atom stereocenters. The van der Waals surface area contributed by atoms with Gasteiger partial charge in [-0.25, -0.2) is 13.8 Å². The Balaban J connectivity index is 1.41. The van der Waals surface area contributed by atoms with E-state index in [-0.39, 0.29) is 11.7 Å². The Morgan fingerprint density at radius 2 is 2.00 bits per heavy atom. The van der Waals surface area contributed by atoms with Crippen LogP contribution in [0.15, 0.2) is 49.2 Å². The molecule has 1 aliphatic rings. The fourth-order valence-corrected chi connectivity index (χ4v) is 5.52. The van der Waals surface area contributed by atoms with E-state index in [0.717, 1.165) is 77.6 Å². The SMILES string of the molecule is C=C(CCc1ccc(F)cc1C(=C)C)NCCN(C)c1cc(C2CC2)nc2cc(C(C)CC(C)(F)CCC)nn12. The van der Waals surface area contributed by atoms with E-state index in [1.165, 1.54) is 18.9 Å². The van der Waals surface area contributed by atoms with E-state index < -0.39 is 5.67 Å². The Kier molecular flexibility index (Phi) is 9.32. The summed E-state index contributed by atoms with van der Waals surface area (Å²) in [6.45, 7) is 17.3. The van der Waals surface area contributed by atoms with E-state index >= 15 is 4.39 Å². The molecule has 3 aromatic rings. The normalized spacial score (nSPS) is 15.6. The lowest BCUT2D eigenvalue weighted by Gasteiger charge is -2.23. The van der Waals surface area contributed by atoms with Crippen molar-refractivity contribution in [2.75, 3.05) is 25.0 Å². The molecule has 0 amide bonds. The van der Waals surface area contributed by atoms with Crippen LogP contribution in [-0.4, -0.2) is 40.4 Å². The van der Waals surface area contributed by atoms with Crippen LogP contribution >= 0.6 is 0 Å². The Bertz CT molecular complexity index is 1350. The second-order valence-corrected chi connectivity index (χ2v) is 12.0. The maximum absolute atomic E-state index is 15.0. The molecule has 5 nitrogen and oxygen atoms in total. The third-order valence-electron chi connectivity index (χ3n) is 7.89. The van der Waals surface area contributed by atoms with Crippen molar-refractivity contribution >= 4 is 17.0 Å². The number of nitrogens with one attached hydrogen (secondary N) is 1. The minimum atomic E-state index is -1.20. The number of alkyl halides is 1. The monoisotopic (exact) mass is 549 g/mol. The second-order valence-electron chi connectivity index (χ2n) is 12.0. The smallest absolute Gasteiger partial charge is 0.157 e. The highest BCUT2D eigenvalue weighted by Gasteiger charge is 2.29. The van der Waals surface area contributed by atoms with E-state index in [9.17, 15) is 4.39 Å². The van der Waals surface area contributed by atoms with Gasteiger partial charge < -0.3 is 10.2 Å². The van der Waals surface area contributed by atoms with Crippen LogP contribution in [-0.2, 0) is 6.42 Å². The van der Waals surface area contributed by atoms with Crippen molar-refractivity contribution in [3.63, 3.8) is 0 Å². The van der Waals surface area contributed by atoms with E-state index in [2.05, 4.69) is 43.4 Å². The van der Waals surface area contributed by atoms with Crippen LogP contribution in [0.4, 0.5) is 14.6 Å². The minimum absolute atomic E-state index is 0.00210. The van der Waals surface area contributed by atoms with Crippen LogP contribution in [0.3, 0.4) is 0 Å². The quantitative estimate of drug-likeness (QED) is 0.209. The number of allylic oxidation sites excluding steroid dienone is 2. The highest BCUT2D eigenvalue weighted by molar-refractivity contribution is 5.64. The Morgan fingerprint density at radius 1 is 1.25 bits per heavy atom. The van der Waals surface area contributed by atoms with Gasteiger partial charge in [-0.05, 0) is 75.6 Å². The summed E-state index contributed by atoms with van der Waals surface area (Å²) in [5.41, 5.74) is 5.38. The summed E-state index contributed by atoms with van der Waals surface area (Å²) in [5, 5.41) is 8.36. The molecule has 2 heterocycles. The summed E-state index contributed by atoms with van der Waals surface area (Å²) in [4.78, 5) is 7.12. The molecule has 0 saturated heterocycles. The Morgan fingerprint density at radius 3 is 2.67 bits per heavy atom. The maximum atomic E-state index is 15.0. The van der Waals surface area contributed by atoms with Crippen molar-refractivity contribution in [3.8, 4) is 0 Å². The zero-order chi connectivity index (χ0) is 29.0. The van der Waals surface area contributed by atoms with Crippen LogP contribution in [0, 0.1) is 5.82 Å². The third kappa shape index (κ3) is 7.49. The molecule has 2 aromatic heterocycles. The molecule has 0 aliphatic heterocycles. The molecule has 1 aliphatic carbocycles. The van der Waals surface area contributed by atoms with E-state index in [0.29, 0.717) is 18.8 Å². The number of likely N-dealkylation sites (N-methyl/N-ethyl adjacent to an activating group) is 1. The van der Waals surface area contributed by atoms with Gasteiger partial charge in [-0.1, -0.05) is 45.1 Å². The number of benzene rings is 1. The van der Waals surface area contributed by atoms with Crippen LogP contribution in [0.25, 0.3) is 11.2 Å². The van der Waals surface area contributed by atoms with Gasteiger partial charge in [0, 0.05) is 55.5 Å². The summed E-state index contributed by atoms with van der Waals surface area (Å²) in [7, 11) is 2.07. The lowest BCUT2D eigenvalue weighted by molar-refractivity contribution is 0.150. The zero-order valence-corrected chi connectivity index (χ0v) is 24.9. The molecule has 1 N–H and O–H groups in total. The van der Waals surface area contributed by atoms with Crippen LogP contribution in [0.2, 0.25) is 0 Å². The van der Waals surface area contributed by atoms with Crippen molar-refractivity contribution in [1.29, 1.82) is 0 Å². The van der Waals surface area contributed by atoms with Gasteiger partial charge in [0.2, 0.25) is 0 Å². The van der Waals surface area contributed by atoms with Gasteiger partial charge >= 0.3 is 0 Å². The number of halogens is 2. The molecule has 40 heavy (non-hydrogen) atoms. The molecule has 2 unspecified atom stereocenters. The lowest BCUT2D eigenvalue weighted by Crippen LogP contribution is -2.30. The van der Waals surface area contributed by atoms with Crippen LogP contribution in [0.1, 0.15) is 101 Å². The van der Waals surface area contributed by atoms with Crippen molar-refractivity contribution in [2.24, 2.45) is 0 Å². The molecule has 1 saturated carbocycles. The first-order valence-corrected chi connectivity index (χ1v) is 14.6. The summed E-state index contributed by atoms with van der Waals surface area (Å²) in [5.74, 6) is 1.27. The fourth-order valence-electron chi connectivity index (χ4n) is 5.52. The number of rotatable bonds is 15. The summed E-state index contributed by atoms with van der Waals surface area (Å²) < 4.78 is 30.6. The number of aryl methyl sites for hydroxylation is 1. The average molecular weight is 550 g/mol. The van der Waals surface area contributed by atoms with Crippen molar-refractivity contribution in [3.05, 3.63) is 77.5 Å². The van der Waals surface area contributed by atoms with Crippen molar-refractivity contribution in [2.45, 2.75) is 90.1 Å². The number of aromatic nitrogens is 3. The van der Waals surface area contributed by atoms with Gasteiger partial charge in [0.15, 0.2) is 5.65 Å². The molecule has 7 heteroatoms.